The first-order valence-corrected chi connectivity index (χ1v) is 6.82. The van der Waals surface area contributed by atoms with Gasteiger partial charge in [0.05, 0.1) is 5.71 Å². The molecule has 110 valence electrons. The lowest BCUT2D eigenvalue weighted by Gasteiger charge is -2.25. The summed E-state index contributed by atoms with van der Waals surface area (Å²) in [5.41, 5.74) is 3.62. The van der Waals surface area contributed by atoms with Gasteiger partial charge in [0, 0.05) is 16.8 Å². The lowest BCUT2D eigenvalue weighted by atomic mass is 9.83. The molecule has 2 unspecified atom stereocenters. The molecule has 0 radical (unpaired) electrons. The minimum absolute atomic E-state index is 0.312. The molecule has 0 aromatic heterocycles. The zero-order valence-corrected chi connectivity index (χ0v) is 11.4. The quantitative estimate of drug-likeness (QED) is 0.743. The fraction of sp³-hybridized carbons (Fsp3) is 0.125. The topological polar surface area (TPSA) is 73.7 Å². The lowest BCUT2D eigenvalue weighted by molar-refractivity contribution is -0.124. The van der Waals surface area contributed by atoms with Crippen molar-refractivity contribution in [2.75, 3.05) is 5.32 Å². The Kier molecular flexibility index (Phi) is 2.58. The van der Waals surface area contributed by atoms with Crippen LogP contribution in [0.5, 0.6) is 0 Å². The summed E-state index contributed by atoms with van der Waals surface area (Å²) < 4.78 is 13.0. The fourth-order valence-corrected chi connectivity index (χ4v) is 2.98. The summed E-state index contributed by atoms with van der Waals surface area (Å²) in [5, 5.41) is 17.6. The van der Waals surface area contributed by atoms with Crippen molar-refractivity contribution in [2.45, 2.75) is 11.6 Å². The van der Waals surface area contributed by atoms with Gasteiger partial charge in [0.15, 0.2) is 5.54 Å². The summed E-state index contributed by atoms with van der Waals surface area (Å²) >= 11 is 0. The number of halogens is 1. The van der Waals surface area contributed by atoms with Crippen LogP contribution in [0.25, 0.3) is 0 Å². The van der Waals surface area contributed by atoms with Crippen molar-refractivity contribution in [2.24, 2.45) is 5.10 Å². The number of anilines is 1. The molecule has 0 bridgehead atoms. The standard InChI is InChI=1S/C16H12FN3O2/c17-10-7-5-9(6-8-10)13-14(21)16(20-19-13)11-3-1-2-4-12(11)18-15(16)22/h1-8,14,20-21H,(H,18,22). The van der Waals surface area contributed by atoms with E-state index in [-0.39, 0.29) is 11.7 Å². The van der Waals surface area contributed by atoms with Gasteiger partial charge in [0.25, 0.3) is 5.91 Å². The molecule has 22 heavy (non-hydrogen) atoms. The van der Waals surface area contributed by atoms with Gasteiger partial charge in [-0.3, -0.25) is 10.2 Å². The van der Waals surface area contributed by atoms with Crippen molar-refractivity contribution in [1.82, 2.24) is 5.43 Å². The van der Waals surface area contributed by atoms with Gasteiger partial charge in [-0.05, 0) is 18.2 Å². The number of nitrogens with one attached hydrogen (secondary N) is 2. The Morgan fingerprint density at radius 1 is 1.14 bits per heavy atom. The lowest BCUT2D eigenvalue weighted by Crippen LogP contribution is -2.52. The number of aliphatic hydroxyl groups excluding tert-OH is 1. The van der Waals surface area contributed by atoms with Gasteiger partial charge in [-0.2, -0.15) is 5.10 Å². The van der Waals surface area contributed by atoms with Gasteiger partial charge in [0.1, 0.15) is 11.9 Å². The van der Waals surface area contributed by atoms with E-state index in [2.05, 4.69) is 15.8 Å². The number of amides is 1. The summed E-state index contributed by atoms with van der Waals surface area (Å²) in [6.07, 6.45) is -1.17. The van der Waals surface area contributed by atoms with Crippen LogP contribution in [0.4, 0.5) is 10.1 Å². The third-order valence-corrected chi connectivity index (χ3v) is 4.12. The fourth-order valence-electron chi connectivity index (χ4n) is 2.98. The zero-order valence-electron chi connectivity index (χ0n) is 11.4. The molecular weight excluding hydrogens is 285 g/mol. The van der Waals surface area contributed by atoms with E-state index in [0.29, 0.717) is 22.5 Å². The number of hydrogen-bond acceptors (Lipinski definition) is 4. The number of hydrazone groups is 1. The van der Waals surface area contributed by atoms with Gasteiger partial charge in [-0.15, -0.1) is 0 Å². The Morgan fingerprint density at radius 3 is 2.64 bits per heavy atom. The number of aliphatic hydroxyl groups is 1. The third-order valence-electron chi connectivity index (χ3n) is 4.12. The number of fused-ring (bicyclic) bond motifs is 2. The van der Waals surface area contributed by atoms with E-state index >= 15 is 0 Å². The van der Waals surface area contributed by atoms with Gasteiger partial charge >= 0.3 is 0 Å². The molecule has 0 aliphatic carbocycles. The molecule has 1 spiro atoms. The van der Waals surface area contributed by atoms with Crippen LogP contribution in [-0.2, 0) is 10.3 Å². The smallest absolute Gasteiger partial charge is 0.259 e. The van der Waals surface area contributed by atoms with Crippen LogP contribution in [0.3, 0.4) is 0 Å². The van der Waals surface area contributed by atoms with E-state index in [4.69, 9.17) is 0 Å². The van der Waals surface area contributed by atoms with Gasteiger partial charge in [-0.1, -0.05) is 30.3 Å². The van der Waals surface area contributed by atoms with Crippen LogP contribution in [0.2, 0.25) is 0 Å². The molecule has 2 aliphatic rings. The predicted molar refractivity (Wildman–Crippen MR) is 78.8 cm³/mol. The number of carbonyl (C=O) groups is 1. The molecule has 0 fully saturated rings. The van der Waals surface area contributed by atoms with Crippen LogP contribution < -0.4 is 10.7 Å². The third kappa shape index (κ3) is 1.55. The molecule has 5 nitrogen and oxygen atoms in total. The van der Waals surface area contributed by atoms with Crippen molar-refractivity contribution in [3.8, 4) is 0 Å². The first-order valence-electron chi connectivity index (χ1n) is 6.82. The Morgan fingerprint density at radius 2 is 1.86 bits per heavy atom. The van der Waals surface area contributed by atoms with E-state index in [9.17, 15) is 14.3 Å². The van der Waals surface area contributed by atoms with Gasteiger partial charge in [-0.25, -0.2) is 4.39 Å². The molecular formula is C16H12FN3O2. The number of hydrogen-bond donors (Lipinski definition) is 3. The van der Waals surface area contributed by atoms with Crippen LogP contribution in [0.15, 0.2) is 53.6 Å². The van der Waals surface area contributed by atoms with Gasteiger partial charge in [0.2, 0.25) is 0 Å². The molecule has 1 amide bonds. The molecule has 0 saturated heterocycles. The summed E-state index contributed by atoms with van der Waals surface area (Å²) in [6.45, 7) is 0. The highest BCUT2D eigenvalue weighted by atomic mass is 19.1. The monoisotopic (exact) mass is 297 g/mol. The molecule has 0 saturated carbocycles. The van der Waals surface area contributed by atoms with E-state index in [1.807, 2.05) is 0 Å². The van der Waals surface area contributed by atoms with Crippen LogP contribution in [0.1, 0.15) is 11.1 Å². The average molecular weight is 297 g/mol. The van der Waals surface area contributed by atoms with Crippen molar-refractivity contribution < 1.29 is 14.3 Å². The number of carbonyl (C=O) groups excluding carboxylic acids is 1. The van der Waals surface area contributed by atoms with Crippen molar-refractivity contribution in [3.05, 3.63) is 65.5 Å². The highest BCUT2D eigenvalue weighted by Crippen LogP contribution is 2.41. The second-order valence-corrected chi connectivity index (χ2v) is 5.33. The second-order valence-electron chi connectivity index (χ2n) is 5.33. The summed E-state index contributed by atoms with van der Waals surface area (Å²) in [7, 11) is 0. The molecule has 2 aromatic rings. The molecule has 6 heteroatoms. The van der Waals surface area contributed by atoms with E-state index in [0.717, 1.165) is 0 Å². The van der Waals surface area contributed by atoms with Gasteiger partial charge < -0.3 is 10.4 Å². The maximum absolute atomic E-state index is 13.0. The molecule has 2 atom stereocenters. The summed E-state index contributed by atoms with van der Waals surface area (Å²) in [5.74, 6) is -0.731. The number of benzene rings is 2. The molecule has 2 heterocycles. The van der Waals surface area contributed by atoms with Crippen LogP contribution in [0, 0.1) is 5.82 Å². The second kappa shape index (κ2) is 4.38. The number of para-hydroxylation sites is 1. The van der Waals surface area contributed by atoms with E-state index in [1.54, 1.807) is 24.3 Å². The Balaban J connectivity index is 1.78. The first-order chi connectivity index (χ1) is 10.6. The Bertz CT molecular complexity index is 803. The molecule has 3 N–H and O–H groups in total. The Hall–Kier alpha value is -2.73. The van der Waals surface area contributed by atoms with E-state index in [1.165, 1.54) is 24.3 Å². The summed E-state index contributed by atoms with van der Waals surface area (Å²) in [4.78, 5) is 12.4. The average Bonchev–Trinajstić information content (AvgIpc) is 3.01. The largest absolute Gasteiger partial charge is 0.383 e. The highest BCUT2D eigenvalue weighted by Gasteiger charge is 2.57. The first kappa shape index (κ1) is 13.0. The zero-order chi connectivity index (χ0) is 15.3. The molecule has 2 aromatic carbocycles. The predicted octanol–water partition coefficient (Wildman–Crippen LogP) is 1.34. The Labute approximate surface area is 125 Å². The van der Waals surface area contributed by atoms with Crippen LogP contribution >= 0.6 is 0 Å². The van der Waals surface area contributed by atoms with Crippen LogP contribution in [-0.4, -0.2) is 22.8 Å². The van der Waals surface area contributed by atoms with Crippen molar-refractivity contribution in [3.63, 3.8) is 0 Å². The minimum Gasteiger partial charge on any atom is -0.383 e. The maximum Gasteiger partial charge on any atom is 0.259 e. The number of rotatable bonds is 1. The van der Waals surface area contributed by atoms with Crippen molar-refractivity contribution >= 4 is 17.3 Å². The minimum atomic E-state index is -1.33. The normalized spacial score (nSPS) is 25.6. The van der Waals surface area contributed by atoms with Crippen molar-refractivity contribution in [1.29, 1.82) is 0 Å². The summed E-state index contributed by atoms with van der Waals surface area (Å²) in [6, 6.07) is 12.8. The van der Waals surface area contributed by atoms with E-state index < -0.39 is 11.6 Å². The number of nitrogens with zero attached hydrogens (tertiary/aromatic N) is 1. The molecule has 2 aliphatic heterocycles. The molecule has 4 rings (SSSR count). The SMILES string of the molecule is O=C1Nc2ccccc2C12NN=C(c1ccc(F)cc1)C2O. The maximum atomic E-state index is 13.0. The highest BCUT2D eigenvalue weighted by molar-refractivity contribution is 6.15.